The van der Waals surface area contributed by atoms with Crippen LogP contribution in [-0.2, 0) is 11.2 Å². The first-order chi connectivity index (χ1) is 10.3. The van der Waals surface area contributed by atoms with Gasteiger partial charge in [-0.25, -0.2) is 4.98 Å². The van der Waals surface area contributed by atoms with E-state index >= 15 is 0 Å². The van der Waals surface area contributed by atoms with Crippen LogP contribution in [0, 0.1) is 5.92 Å². The lowest BCUT2D eigenvalue weighted by Gasteiger charge is -2.35. The molecule has 7 heteroatoms. The molecule has 0 bridgehead atoms. The van der Waals surface area contributed by atoms with Gasteiger partial charge in [0.25, 0.3) is 0 Å². The number of aromatic nitrogens is 1. The van der Waals surface area contributed by atoms with Crippen molar-refractivity contribution in [3.63, 3.8) is 0 Å². The monoisotopic (exact) mass is 379 g/mol. The Morgan fingerprint density at radius 1 is 1.39 bits per heavy atom. The highest BCUT2D eigenvalue weighted by atomic mass is 35.5. The molecule has 0 radical (unpaired) electrons. The van der Waals surface area contributed by atoms with Crippen LogP contribution in [0.5, 0.6) is 0 Å². The van der Waals surface area contributed by atoms with Crippen LogP contribution >= 0.6 is 36.2 Å². The number of hydrogen-bond acceptors (Lipinski definition) is 4. The molecule has 0 aliphatic carbocycles. The number of halogens is 2. The van der Waals surface area contributed by atoms with Crippen LogP contribution in [0.15, 0.2) is 5.38 Å². The smallest absolute Gasteiger partial charge is 0.226 e. The average molecular weight is 380 g/mol. The Hall–Kier alpha value is -0.360. The van der Waals surface area contributed by atoms with Gasteiger partial charge in [-0.3, -0.25) is 4.79 Å². The summed E-state index contributed by atoms with van der Waals surface area (Å²) in [6.45, 7) is 5.86. The van der Waals surface area contributed by atoms with Crippen molar-refractivity contribution in [3.8, 4) is 0 Å². The van der Waals surface area contributed by atoms with E-state index in [9.17, 15) is 4.79 Å². The Kier molecular flexibility index (Phi) is 8.83. The number of nitrogens with one attached hydrogen (secondary N) is 1. The van der Waals surface area contributed by atoms with Gasteiger partial charge in [0.2, 0.25) is 5.91 Å². The van der Waals surface area contributed by atoms with Crippen LogP contribution < -0.4 is 5.32 Å². The van der Waals surface area contributed by atoms with E-state index in [2.05, 4.69) is 22.5 Å². The van der Waals surface area contributed by atoms with E-state index in [0.717, 1.165) is 51.9 Å². The van der Waals surface area contributed by atoms with E-state index in [1.165, 1.54) is 17.1 Å². The number of rotatable bonds is 3. The third kappa shape index (κ3) is 5.05. The van der Waals surface area contributed by atoms with Gasteiger partial charge >= 0.3 is 0 Å². The van der Waals surface area contributed by atoms with Crippen molar-refractivity contribution >= 4 is 42.1 Å². The summed E-state index contributed by atoms with van der Waals surface area (Å²) >= 11 is 1.77. The van der Waals surface area contributed by atoms with Gasteiger partial charge in [-0.15, -0.1) is 36.2 Å². The summed E-state index contributed by atoms with van der Waals surface area (Å²) in [5.41, 5.74) is 1.19. The first-order valence-corrected chi connectivity index (χ1v) is 9.09. The SMILES string of the molecule is CCc1csc(C2CCCN(C(=O)C3CCCNC3)C2)n1.Cl.Cl. The summed E-state index contributed by atoms with van der Waals surface area (Å²) in [7, 11) is 0. The number of likely N-dealkylation sites (tertiary alicyclic amines) is 1. The highest BCUT2D eigenvalue weighted by Gasteiger charge is 2.31. The molecule has 2 aliphatic rings. The molecule has 3 rings (SSSR count). The van der Waals surface area contributed by atoms with E-state index in [-0.39, 0.29) is 30.7 Å². The number of carbonyl (C=O) groups excluding carboxylic acids is 1. The lowest BCUT2D eigenvalue weighted by Crippen LogP contribution is -2.46. The average Bonchev–Trinajstić information content (AvgIpc) is 3.04. The summed E-state index contributed by atoms with van der Waals surface area (Å²) in [6, 6.07) is 0. The molecule has 2 fully saturated rings. The second kappa shape index (κ2) is 9.82. The van der Waals surface area contributed by atoms with Crippen molar-refractivity contribution in [3.05, 3.63) is 16.1 Å². The van der Waals surface area contributed by atoms with E-state index in [0.29, 0.717) is 11.8 Å². The van der Waals surface area contributed by atoms with E-state index < -0.39 is 0 Å². The van der Waals surface area contributed by atoms with Crippen LogP contribution in [0.25, 0.3) is 0 Å². The molecule has 3 heterocycles. The number of piperidine rings is 2. The van der Waals surface area contributed by atoms with Gasteiger partial charge in [0.15, 0.2) is 0 Å². The molecule has 2 unspecified atom stereocenters. The second-order valence-corrected chi connectivity index (χ2v) is 7.09. The minimum atomic E-state index is 0. The fraction of sp³-hybridized carbons (Fsp3) is 0.750. The number of thiazole rings is 1. The Morgan fingerprint density at radius 2 is 2.22 bits per heavy atom. The molecule has 1 N–H and O–H groups in total. The van der Waals surface area contributed by atoms with Crippen LogP contribution in [0.4, 0.5) is 0 Å². The predicted molar refractivity (Wildman–Crippen MR) is 100 cm³/mol. The lowest BCUT2D eigenvalue weighted by molar-refractivity contribution is -0.137. The van der Waals surface area contributed by atoms with E-state index in [1.807, 2.05) is 0 Å². The summed E-state index contributed by atoms with van der Waals surface area (Å²) < 4.78 is 0. The first kappa shape index (κ1) is 20.7. The third-order valence-corrected chi connectivity index (χ3v) is 5.72. The van der Waals surface area contributed by atoms with Crippen LogP contribution in [-0.4, -0.2) is 42.0 Å². The first-order valence-electron chi connectivity index (χ1n) is 8.21. The fourth-order valence-corrected chi connectivity index (χ4v) is 4.40. The van der Waals surface area contributed by atoms with Crippen molar-refractivity contribution in [2.45, 2.75) is 44.9 Å². The molecular formula is C16H27Cl2N3OS. The zero-order chi connectivity index (χ0) is 14.7. The summed E-state index contributed by atoms with van der Waals surface area (Å²) in [6.07, 6.45) is 5.45. The fourth-order valence-electron chi connectivity index (χ4n) is 3.37. The van der Waals surface area contributed by atoms with Crippen LogP contribution in [0.3, 0.4) is 0 Å². The quantitative estimate of drug-likeness (QED) is 0.876. The number of hydrogen-bond donors (Lipinski definition) is 1. The summed E-state index contributed by atoms with van der Waals surface area (Å²) in [5, 5.41) is 6.75. The normalized spacial score (nSPS) is 24.5. The van der Waals surface area contributed by atoms with Crippen molar-refractivity contribution in [2.24, 2.45) is 5.92 Å². The van der Waals surface area contributed by atoms with Crippen molar-refractivity contribution in [1.29, 1.82) is 0 Å². The standard InChI is InChI=1S/C16H25N3OS.2ClH/c1-2-14-11-21-15(18-14)13-6-4-8-19(10-13)16(20)12-5-3-7-17-9-12;;/h11-13,17H,2-10H2,1H3;2*1H. The molecule has 0 spiro atoms. The van der Waals surface area contributed by atoms with Gasteiger partial charge in [0, 0.05) is 30.9 Å². The predicted octanol–water partition coefficient (Wildman–Crippen LogP) is 3.25. The molecule has 1 aromatic heterocycles. The van der Waals surface area contributed by atoms with Gasteiger partial charge in [-0.1, -0.05) is 6.92 Å². The zero-order valence-electron chi connectivity index (χ0n) is 13.6. The molecule has 1 amide bonds. The van der Waals surface area contributed by atoms with Gasteiger partial charge in [-0.05, 0) is 38.6 Å². The Balaban J connectivity index is 0.00000132. The Morgan fingerprint density at radius 3 is 2.87 bits per heavy atom. The summed E-state index contributed by atoms with van der Waals surface area (Å²) in [4.78, 5) is 19.5. The van der Waals surface area contributed by atoms with Gasteiger partial charge < -0.3 is 10.2 Å². The number of amides is 1. The molecule has 0 aromatic carbocycles. The topological polar surface area (TPSA) is 45.2 Å². The van der Waals surface area contributed by atoms with Gasteiger partial charge in [0.05, 0.1) is 16.6 Å². The largest absolute Gasteiger partial charge is 0.342 e. The molecule has 2 atom stereocenters. The van der Waals surface area contributed by atoms with Crippen molar-refractivity contribution in [1.82, 2.24) is 15.2 Å². The minimum Gasteiger partial charge on any atom is -0.342 e. The number of carbonyl (C=O) groups is 1. The van der Waals surface area contributed by atoms with Crippen LogP contribution in [0.2, 0.25) is 0 Å². The number of nitrogens with zero attached hydrogens (tertiary/aromatic N) is 2. The Labute approximate surface area is 155 Å². The summed E-state index contributed by atoms with van der Waals surface area (Å²) in [5.74, 6) is 1.00. The number of aryl methyl sites for hydroxylation is 1. The maximum absolute atomic E-state index is 12.7. The van der Waals surface area contributed by atoms with Crippen molar-refractivity contribution < 1.29 is 4.79 Å². The van der Waals surface area contributed by atoms with Gasteiger partial charge in [-0.2, -0.15) is 0 Å². The Bertz CT molecular complexity index is 491. The molecule has 1 aromatic rings. The molecule has 23 heavy (non-hydrogen) atoms. The lowest BCUT2D eigenvalue weighted by atomic mass is 9.94. The third-order valence-electron chi connectivity index (χ3n) is 4.66. The second-order valence-electron chi connectivity index (χ2n) is 6.20. The maximum atomic E-state index is 12.7. The maximum Gasteiger partial charge on any atom is 0.226 e. The molecule has 2 saturated heterocycles. The van der Waals surface area contributed by atoms with Crippen LogP contribution in [0.1, 0.15) is 49.2 Å². The minimum absolute atomic E-state index is 0. The molecular weight excluding hydrogens is 353 g/mol. The van der Waals surface area contributed by atoms with Gasteiger partial charge in [0.1, 0.15) is 0 Å². The zero-order valence-corrected chi connectivity index (χ0v) is 16.1. The molecule has 132 valence electrons. The highest BCUT2D eigenvalue weighted by Crippen LogP contribution is 2.30. The molecule has 0 saturated carbocycles. The van der Waals surface area contributed by atoms with E-state index in [4.69, 9.17) is 4.98 Å². The van der Waals surface area contributed by atoms with Crippen molar-refractivity contribution in [2.75, 3.05) is 26.2 Å². The highest BCUT2D eigenvalue weighted by molar-refractivity contribution is 7.09. The van der Waals surface area contributed by atoms with E-state index in [1.54, 1.807) is 11.3 Å². The molecule has 4 nitrogen and oxygen atoms in total. The molecule has 2 aliphatic heterocycles.